The van der Waals surface area contributed by atoms with Crippen LogP contribution in [0.25, 0.3) is 11.8 Å². The summed E-state index contributed by atoms with van der Waals surface area (Å²) in [4.78, 5) is 40.0. The summed E-state index contributed by atoms with van der Waals surface area (Å²) < 4.78 is 3.10. The number of hydrogen-bond acceptors (Lipinski definition) is 4. The third kappa shape index (κ3) is 2.90. The summed E-state index contributed by atoms with van der Waals surface area (Å²) in [5.74, 6) is -0.482. The molecule has 0 aliphatic carbocycles. The lowest BCUT2D eigenvalue weighted by atomic mass is 10.2. The molecular formula is C21H17N3O3S. The minimum Gasteiger partial charge on any atom is -0.283 e. The van der Waals surface area contributed by atoms with Crippen molar-refractivity contribution in [3.63, 3.8) is 0 Å². The van der Waals surface area contributed by atoms with Crippen LogP contribution in [0.15, 0.2) is 70.4 Å². The van der Waals surface area contributed by atoms with Gasteiger partial charge in [-0.05, 0) is 42.5 Å². The van der Waals surface area contributed by atoms with Gasteiger partial charge in [-0.2, -0.15) is 0 Å². The lowest BCUT2D eigenvalue weighted by molar-refractivity contribution is -0.113. The van der Waals surface area contributed by atoms with E-state index in [2.05, 4.69) is 0 Å². The van der Waals surface area contributed by atoms with Crippen LogP contribution in [-0.4, -0.2) is 20.5 Å². The average Bonchev–Trinajstić information content (AvgIpc) is 3.09. The molecule has 0 atom stereocenters. The molecule has 1 saturated heterocycles. The monoisotopic (exact) mass is 391 g/mol. The Morgan fingerprint density at radius 1 is 0.893 bits per heavy atom. The zero-order chi connectivity index (χ0) is 19.8. The van der Waals surface area contributed by atoms with E-state index in [1.54, 1.807) is 36.9 Å². The first-order chi connectivity index (χ1) is 13.5. The second kappa shape index (κ2) is 7.01. The topological polar surface area (TPSA) is 64.3 Å². The lowest BCUT2D eigenvalue weighted by Crippen LogP contribution is -2.33. The second-order valence-corrected chi connectivity index (χ2v) is 7.33. The Morgan fingerprint density at radius 3 is 2.14 bits per heavy atom. The Labute approximate surface area is 165 Å². The van der Waals surface area contributed by atoms with Gasteiger partial charge in [0.15, 0.2) is 0 Å². The normalized spacial score (nSPS) is 15.6. The first-order valence-electron chi connectivity index (χ1n) is 8.66. The summed E-state index contributed by atoms with van der Waals surface area (Å²) in [6, 6.07) is 18.4. The number of imide groups is 1. The van der Waals surface area contributed by atoms with E-state index < -0.39 is 16.7 Å². The van der Waals surface area contributed by atoms with E-state index in [-0.39, 0.29) is 5.69 Å². The van der Waals surface area contributed by atoms with Gasteiger partial charge in [0, 0.05) is 7.05 Å². The molecule has 2 amide bonds. The van der Waals surface area contributed by atoms with Crippen LogP contribution in [0.4, 0.5) is 10.5 Å². The SMILES string of the molecule is Cc1c(N2C(=O)S/C(=C\c3ccccc3)C2=O)c(=O)n(-c2ccccc2)n1C. The number of benzene rings is 2. The number of nitrogens with zero attached hydrogens (tertiary/aromatic N) is 3. The van der Waals surface area contributed by atoms with Gasteiger partial charge in [-0.3, -0.25) is 19.1 Å². The van der Waals surface area contributed by atoms with Gasteiger partial charge in [0.1, 0.15) is 5.69 Å². The van der Waals surface area contributed by atoms with Crippen LogP contribution in [0.1, 0.15) is 11.3 Å². The summed E-state index contributed by atoms with van der Waals surface area (Å²) in [6.07, 6.45) is 1.67. The van der Waals surface area contributed by atoms with Crippen molar-refractivity contribution in [2.75, 3.05) is 4.90 Å². The van der Waals surface area contributed by atoms with Crippen LogP contribution >= 0.6 is 11.8 Å². The Balaban J connectivity index is 1.80. The summed E-state index contributed by atoms with van der Waals surface area (Å²) in [5, 5.41) is -0.474. The van der Waals surface area contributed by atoms with Crippen LogP contribution in [0.2, 0.25) is 0 Å². The highest BCUT2D eigenvalue weighted by atomic mass is 32.2. The van der Waals surface area contributed by atoms with Gasteiger partial charge in [0.25, 0.3) is 16.7 Å². The molecule has 1 fully saturated rings. The number of rotatable bonds is 3. The van der Waals surface area contributed by atoms with Gasteiger partial charge >= 0.3 is 0 Å². The molecule has 2 heterocycles. The summed E-state index contributed by atoms with van der Waals surface area (Å²) in [6.45, 7) is 1.72. The summed E-state index contributed by atoms with van der Waals surface area (Å²) in [5.41, 5.74) is 1.70. The molecule has 4 rings (SSSR count). The predicted molar refractivity (Wildman–Crippen MR) is 111 cm³/mol. The number of amides is 2. The van der Waals surface area contributed by atoms with E-state index in [9.17, 15) is 14.4 Å². The fraction of sp³-hybridized carbons (Fsp3) is 0.0952. The Morgan fingerprint density at radius 2 is 1.50 bits per heavy atom. The number of thioether (sulfide) groups is 1. The van der Waals surface area contributed by atoms with Gasteiger partial charge in [-0.1, -0.05) is 48.5 Å². The van der Waals surface area contributed by atoms with Crippen molar-refractivity contribution in [2.45, 2.75) is 6.92 Å². The van der Waals surface area contributed by atoms with E-state index >= 15 is 0 Å². The maximum atomic E-state index is 13.1. The van der Waals surface area contributed by atoms with Crippen LogP contribution < -0.4 is 10.5 Å². The first kappa shape index (κ1) is 18.1. The molecule has 3 aromatic rings. The maximum Gasteiger partial charge on any atom is 0.298 e. The molecule has 0 radical (unpaired) electrons. The van der Waals surface area contributed by atoms with Crippen molar-refractivity contribution >= 4 is 34.7 Å². The number of para-hydroxylation sites is 1. The largest absolute Gasteiger partial charge is 0.298 e. The van der Waals surface area contributed by atoms with Gasteiger partial charge in [-0.15, -0.1) is 0 Å². The Hall–Kier alpha value is -3.32. The van der Waals surface area contributed by atoms with Crippen molar-refractivity contribution in [1.29, 1.82) is 0 Å². The fourth-order valence-electron chi connectivity index (χ4n) is 3.17. The fourth-order valence-corrected chi connectivity index (χ4v) is 4.00. The maximum absolute atomic E-state index is 13.1. The minimum atomic E-state index is -0.482. The lowest BCUT2D eigenvalue weighted by Gasteiger charge is -2.10. The summed E-state index contributed by atoms with van der Waals surface area (Å²) in [7, 11) is 1.73. The van der Waals surface area contributed by atoms with Gasteiger partial charge in [-0.25, -0.2) is 9.58 Å². The molecule has 0 spiro atoms. The van der Waals surface area contributed by atoms with Gasteiger partial charge in [0.2, 0.25) is 0 Å². The second-order valence-electron chi connectivity index (χ2n) is 6.34. The molecule has 7 heteroatoms. The van der Waals surface area contributed by atoms with Crippen molar-refractivity contribution < 1.29 is 9.59 Å². The molecule has 1 aromatic heterocycles. The third-order valence-corrected chi connectivity index (χ3v) is 5.51. The van der Waals surface area contributed by atoms with Crippen LogP contribution in [0.3, 0.4) is 0 Å². The molecule has 28 heavy (non-hydrogen) atoms. The molecule has 1 aliphatic rings. The van der Waals surface area contributed by atoms with Gasteiger partial charge < -0.3 is 0 Å². The van der Waals surface area contributed by atoms with Crippen LogP contribution in [0, 0.1) is 6.92 Å². The quantitative estimate of drug-likeness (QED) is 0.638. The molecule has 140 valence electrons. The molecule has 0 unspecified atom stereocenters. The number of anilines is 1. The zero-order valence-corrected chi connectivity index (χ0v) is 16.1. The Kier molecular flexibility index (Phi) is 4.52. The Bertz CT molecular complexity index is 1160. The number of aromatic nitrogens is 2. The number of carbonyl (C=O) groups excluding carboxylic acids is 2. The standard InChI is InChI=1S/C21H17N3O3S/c1-14-18(20(26)24(22(14)2)16-11-7-4-8-12-16)23-19(25)17(28-21(23)27)13-15-9-5-3-6-10-15/h3-13H,1-2H3/b17-13-. The van der Waals surface area contributed by atoms with Crippen molar-refractivity contribution in [3.05, 3.63) is 87.2 Å². The van der Waals surface area contributed by atoms with Crippen molar-refractivity contribution in [3.8, 4) is 5.69 Å². The smallest absolute Gasteiger partial charge is 0.283 e. The van der Waals surface area contributed by atoms with Crippen LogP contribution in [0.5, 0.6) is 0 Å². The van der Waals surface area contributed by atoms with E-state index in [1.807, 2.05) is 48.5 Å². The highest BCUT2D eigenvalue weighted by molar-refractivity contribution is 8.19. The number of carbonyl (C=O) groups is 2. The minimum absolute atomic E-state index is 0.0883. The van der Waals surface area contributed by atoms with E-state index in [0.717, 1.165) is 22.2 Å². The van der Waals surface area contributed by atoms with Crippen molar-refractivity contribution in [1.82, 2.24) is 9.36 Å². The molecule has 1 aliphatic heterocycles. The highest BCUT2D eigenvalue weighted by Crippen LogP contribution is 2.36. The molecule has 0 N–H and O–H groups in total. The number of hydrogen-bond donors (Lipinski definition) is 0. The molecule has 0 bridgehead atoms. The molecule has 2 aromatic carbocycles. The summed E-state index contributed by atoms with van der Waals surface area (Å²) >= 11 is 0.841. The highest BCUT2D eigenvalue weighted by Gasteiger charge is 2.40. The van der Waals surface area contributed by atoms with E-state index in [4.69, 9.17) is 0 Å². The molecule has 6 nitrogen and oxygen atoms in total. The van der Waals surface area contributed by atoms with Crippen LogP contribution in [-0.2, 0) is 11.8 Å². The van der Waals surface area contributed by atoms with Gasteiger partial charge in [0.05, 0.1) is 16.3 Å². The van der Waals surface area contributed by atoms with E-state index in [1.165, 1.54) is 4.68 Å². The predicted octanol–water partition coefficient (Wildman–Crippen LogP) is 3.73. The molecule has 0 saturated carbocycles. The zero-order valence-electron chi connectivity index (χ0n) is 15.3. The van der Waals surface area contributed by atoms with E-state index in [0.29, 0.717) is 16.3 Å². The third-order valence-electron chi connectivity index (χ3n) is 4.64. The van der Waals surface area contributed by atoms with Crippen molar-refractivity contribution in [2.24, 2.45) is 7.05 Å². The first-order valence-corrected chi connectivity index (χ1v) is 9.47. The average molecular weight is 391 g/mol. The molecular weight excluding hydrogens is 374 g/mol.